The van der Waals surface area contributed by atoms with E-state index in [1.54, 1.807) is 0 Å². The first-order valence-corrected chi connectivity index (χ1v) is 8.78. The molecule has 1 aliphatic rings. The molecule has 1 fully saturated rings. The summed E-state index contributed by atoms with van der Waals surface area (Å²) in [6.07, 6.45) is 0.996. The summed E-state index contributed by atoms with van der Waals surface area (Å²) in [5.41, 5.74) is 0.767. The maximum Gasteiger partial charge on any atom is 0.240 e. The summed E-state index contributed by atoms with van der Waals surface area (Å²) in [6.45, 7) is 9.05. The van der Waals surface area contributed by atoms with Gasteiger partial charge in [-0.3, -0.25) is 9.69 Å². The number of nitrogens with zero attached hydrogens (tertiary/aromatic N) is 1. The van der Waals surface area contributed by atoms with Gasteiger partial charge in [0.05, 0.1) is 24.1 Å². The quantitative estimate of drug-likeness (QED) is 0.579. The molecule has 0 radical (unpaired) electrons. The molecule has 1 saturated heterocycles. The van der Waals surface area contributed by atoms with Crippen molar-refractivity contribution in [3.63, 3.8) is 0 Å². The Morgan fingerprint density at radius 3 is 2.57 bits per heavy atom. The summed E-state index contributed by atoms with van der Waals surface area (Å²) in [4.78, 5) is 14.3. The van der Waals surface area contributed by atoms with Gasteiger partial charge in [0.15, 0.2) is 0 Å². The van der Waals surface area contributed by atoms with Crippen LogP contribution in [0.4, 0.5) is 5.69 Å². The van der Waals surface area contributed by atoms with Gasteiger partial charge in [0.2, 0.25) is 5.91 Å². The van der Waals surface area contributed by atoms with Crippen molar-refractivity contribution in [1.29, 1.82) is 0 Å². The van der Waals surface area contributed by atoms with Crippen molar-refractivity contribution in [3.05, 3.63) is 24.3 Å². The average Bonchev–Trinajstić information content (AvgIpc) is 2.53. The number of nitrogens with one attached hydrogen (secondary N) is 1. The Bertz CT molecular complexity index is 494. The van der Waals surface area contributed by atoms with Crippen LogP contribution in [-0.2, 0) is 9.53 Å². The number of benzene rings is 1. The number of rotatable bonds is 7. The number of hydrogen-bond donors (Lipinski definition) is 1. The SMILES string of the molecule is CC(C)(Br)C(=O)Nc1ccc(OCCCN2CCOCC2)cc1. The summed E-state index contributed by atoms with van der Waals surface area (Å²) in [5, 5.41) is 2.86. The fraction of sp³-hybridized carbons (Fsp3) is 0.588. The van der Waals surface area contributed by atoms with E-state index in [9.17, 15) is 4.79 Å². The maximum absolute atomic E-state index is 11.9. The van der Waals surface area contributed by atoms with Crippen LogP contribution in [0.2, 0.25) is 0 Å². The molecule has 1 amide bonds. The summed E-state index contributed by atoms with van der Waals surface area (Å²) >= 11 is 3.34. The Labute approximate surface area is 146 Å². The summed E-state index contributed by atoms with van der Waals surface area (Å²) in [6, 6.07) is 7.47. The molecule has 0 saturated carbocycles. The molecule has 0 spiro atoms. The van der Waals surface area contributed by atoms with Gasteiger partial charge in [-0.1, -0.05) is 15.9 Å². The lowest BCUT2D eigenvalue weighted by atomic mass is 10.2. The second-order valence-corrected chi connectivity index (χ2v) is 8.09. The van der Waals surface area contributed by atoms with Crippen LogP contribution in [0.3, 0.4) is 0 Å². The van der Waals surface area contributed by atoms with Crippen LogP contribution in [-0.4, -0.2) is 54.6 Å². The third-order valence-corrected chi connectivity index (χ3v) is 4.00. The van der Waals surface area contributed by atoms with Crippen molar-refractivity contribution in [3.8, 4) is 5.75 Å². The first kappa shape index (κ1) is 18.2. The van der Waals surface area contributed by atoms with Crippen molar-refractivity contribution in [2.45, 2.75) is 24.6 Å². The Kier molecular flexibility index (Phi) is 6.87. The van der Waals surface area contributed by atoms with Crippen molar-refractivity contribution in [1.82, 2.24) is 4.90 Å². The molecule has 1 aromatic carbocycles. The molecular weight excluding hydrogens is 360 g/mol. The summed E-state index contributed by atoms with van der Waals surface area (Å²) in [5.74, 6) is 0.750. The van der Waals surface area contributed by atoms with Crippen molar-refractivity contribution < 1.29 is 14.3 Å². The highest BCUT2D eigenvalue weighted by molar-refractivity contribution is 9.10. The fourth-order valence-electron chi connectivity index (χ4n) is 2.22. The van der Waals surface area contributed by atoms with E-state index < -0.39 is 4.32 Å². The molecule has 1 aromatic rings. The highest BCUT2D eigenvalue weighted by Crippen LogP contribution is 2.21. The zero-order valence-corrected chi connectivity index (χ0v) is 15.4. The van der Waals surface area contributed by atoms with Crippen molar-refractivity contribution in [2.24, 2.45) is 0 Å². The molecule has 128 valence electrons. The Balaban J connectivity index is 1.69. The zero-order chi connectivity index (χ0) is 16.7. The fourth-order valence-corrected chi connectivity index (χ4v) is 2.32. The molecule has 23 heavy (non-hydrogen) atoms. The number of anilines is 1. The van der Waals surface area contributed by atoms with E-state index in [1.807, 2.05) is 38.1 Å². The lowest BCUT2D eigenvalue weighted by Crippen LogP contribution is -2.37. The molecule has 2 rings (SSSR count). The molecule has 0 unspecified atom stereocenters. The number of halogens is 1. The van der Waals surface area contributed by atoms with Crippen LogP contribution >= 0.6 is 15.9 Å². The van der Waals surface area contributed by atoms with Crippen LogP contribution in [0.5, 0.6) is 5.75 Å². The molecule has 0 bridgehead atoms. The Hall–Kier alpha value is -1.11. The number of hydrogen-bond acceptors (Lipinski definition) is 4. The van der Waals surface area contributed by atoms with Gasteiger partial charge in [-0.25, -0.2) is 0 Å². The second-order valence-electron chi connectivity index (χ2n) is 6.11. The van der Waals surface area contributed by atoms with Gasteiger partial charge in [-0.05, 0) is 44.5 Å². The van der Waals surface area contributed by atoms with Crippen LogP contribution in [0, 0.1) is 0 Å². The first-order valence-electron chi connectivity index (χ1n) is 7.98. The van der Waals surface area contributed by atoms with Crippen LogP contribution in [0.15, 0.2) is 24.3 Å². The number of alkyl halides is 1. The Morgan fingerprint density at radius 2 is 1.96 bits per heavy atom. The number of amides is 1. The number of carbonyl (C=O) groups excluding carboxylic acids is 1. The minimum Gasteiger partial charge on any atom is -0.494 e. The van der Waals surface area contributed by atoms with E-state index in [1.165, 1.54) is 0 Å². The maximum atomic E-state index is 11.9. The van der Waals surface area contributed by atoms with E-state index in [4.69, 9.17) is 9.47 Å². The van der Waals surface area contributed by atoms with Gasteiger partial charge >= 0.3 is 0 Å². The summed E-state index contributed by atoms with van der Waals surface area (Å²) < 4.78 is 10.5. The van der Waals surface area contributed by atoms with Crippen LogP contribution < -0.4 is 10.1 Å². The normalized spacial score (nSPS) is 16.1. The smallest absolute Gasteiger partial charge is 0.240 e. The zero-order valence-electron chi connectivity index (χ0n) is 13.8. The van der Waals surface area contributed by atoms with Gasteiger partial charge in [-0.2, -0.15) is 0 Å². The van der Waals surface area contributed by atoms with Crippen LogP contribution in [0.25, 0.3) is 0 Å². The molecule has 5 nitrogen and oxygen atoms in total. The molecule has 0 aliphatic carbocycles. The first-order chi connectivity index (χ1) is 10.9. The molecule has 1 heterocycles. The van der Waals surface area contributed by atoms with Crippen molar-refractivity contribution in [2.75, 3.05) is 44.8 Å². The van der Waals surface area contributed by atoms with Gasteiger partial charge < -0.3 is 14.8 Å². The van der Waals surface area contributed by atoms with E-state index in [2.05, 4.69) is 26.1 Å². The number of carbonyl (C=O) groups is 1. The third-order valence-electron chi connectivity index (χ3n) is 3.64. The lowest BCUT2D eigenvalue weighted by Gasteiger charge is -2.26. The average molecular weight is 385 g/mol. The highest BCUT2D eigenvalue weighted by Gasteiger charge is 2.23. The van der Waals surface area contributed by atoms with Gasteiger partial charge in [0.25, 0.3) is 0 Å². The molecule has 1 N–H and O–H groups in total. The second kappa shape index (κ2) is 8.66. The molecule has 0 aromatic heterocycles. The van der Waals surface area contributed by atoms with Gasteiger partial charge in [-0.15, -0.1) is 0 Å². The van der Waals surface area contributed by atoms with Crippen LogP contribution in [0.1, 0.15) is 20.3 Å². The topological polar surface area (TPSA) is 50.8 Å². The van der Waals surface area contributed by atoms with Gasteiger partial charge in [0, 0.05) is 25.3 Å². The minimum absolute atomic E-state index is 0.0725. The van der Waals surface area contributed by atoms with E-state index >= 15 is 0 Å². The lowest BCUT2D eigenvalue weighted by molar-refractivity contribution is -0.117. The number of morpholine rings is 1. The predicted molar refractivity (Wildman–Crippen MR) is 95.4 cm³/mol. The molecule has 1 aliphatic heterocycles. The predicted octanol–water partition coefficient (Wildman–Crippen LogP) is 2.90. The highest BCUT2D eigenvalue weighted by atomic mass is 79.9. The largest absolute Gasteiger partial charge is 0.494 e. The third kappa shape index (κ3) is 6.49. The van der Waals surface area contributed by atoms with Gasteiger partial charge in [0.1, 0.15) is 5.75 Å². The number of ether oxygens (including phenoxy) is 2. The molecule has 0 atom stereocenters. The molecule has 6 heteroatoms. The van der Waals surface area contributed by atoms with E-state index in [-0.39, 0.29) is 5.91 Å². The standard InChI is InChI=1S/C17H25BrN2O3/c1-17(2,18)16(21)19-14-4-6-15(7-5-14)23-11-3-8-20-9-12-22-13-10-20/h4-7H,3,8-13H2,1-2H3,(H,19,21). The van der Waals surface area contributed by atoms with Crippen molar-refractivity contribution >= 4 is 27.5 Å². The van der Waals surface area contributed by atoms with E-state index in [0.29, 0.717) is 6.61 Å². The minimum atomic E-state index is -0.582. The molecular formula is C17H25BrN2O3. The Morgan fingerprint density at radius 1 is 1.30 bits per heavy atom. The summed E-state index contributed by atoms with van der Waals surface area (Å²) in [7, 11) is 0. The monoisotopic (exact) mass is 384 g/mol. The van der Waals surface area contributed by atoms with E-state index in [0.717, 1.165) is 50.7 Å².